The van der Waals surface area contributed by atoms with E-state index in [0.717, 1.165) is 16.8 Å². The summed E-state index contributed by atoms with van der Waals surface area (Å²) in [5.74, 6) is 0.719. The summed E-state index contributed by atoms with van der Waals surface area (Å²) < 4.78 is 0. The van der Waals surface area contributed by atoms with Crippen molar-refractivity contribution in [3.05, 3.63) is 76.2 Å². The van der Waals surface area contributed by atoms with Gasteiger partial charge in [-0.3, -0.25) is 4.79 Å². The Kier molecular flexibility index (Phi) is 5.19. The zero-order chi connectivity index (χ0) is 18.7. The van der Waals surface area contributed by atoms with Crippen molar-refractivity contribution in [1.82, 2.24) is 9.97 Å². The molecular weight excluding hydrogens is 348 g/mol. The topological polar surface area (TPSA) is 66.9 Å². The number of nitrogens with one attached hydrogen (secondary N) is 2. The van der Waals surface area contributed by atoms with Gasteiger partial charge in [0.25, 0.3) is 5.91 Å². The van der Waals surface area contributed by atoms with Gasteiger partial charge < -0.3 is 10.6 Å². The molecule has 0 radical (unpaired) electrons. The minimum absolute atomic E-state index is 0.285. The highest BCUT2D eigenvalue weighted by Crippen LogP contribution is 2.24. The van der Waals surface area contributed by atoms with Crippen molar-refractivity contribution in [1.29, 1.82) is 0 Å². The van der Waals surface area contributed by atoms with E-state index in [4.69, 9.17) is 11.6 Å². The fourth-order valence-electron chi connectivity index (χ4n) is 2.52. The minimum Gasteiger partial charge on any atom is -0.339 e. The van der Waals surface area contributed by atoms with Crippen molar-refractivity contribution in [2.24, 2.45) is 0 Å². The molecule has 1 aromatic heterocycles. The molecule has 1 amide bonds. The normalized spacial score (nSPS) is 10.5. The first-order chi connectivity index (χ1) is 12.4. The fraction of sp³-hybridized carbons (Fsp3) is 0.150. The van der Waals surface area contributed by atoms with Crippen molar-refractivity contribution in [3.8, 4) is 0 Å². The van der Waals surface area contributed by atoms with Gasteiger partial charge in [-0.1, -0.05) is 35.9 Å². The van der Waals surface area contributed by atoms with Gasteiger partial charge in [-0.25, -0.2) is 9.97 Å². The van der Waals surface area contributed by atoms with E-state index in [2.05, 4.69) is 20.6 Å². The fourth-order valence-corrected chi connectivity index (χ4v) is 2.70. The first kappa shape index (κ1) is 17.9. The molecule has 0 fully saturated rings. The molecular formula is C20H19ClN4O. The van der Waals surface area contributed by atoms with Gasteiger partial charge in [0.05, 0.1) is 10.7 Å². The number of carbonyl (C=O) groups is 1. The maximum Gasteiger partial charge on any atom is 0.274 e. The summed E-state index contributed by atoms with van der Waals surface area (Å²) in [7, 11) is 0. The van der Waals surface area contributed by atoms with Gasteiger partial charge in [0, 0.05) is 11.8 Å². The van der Waals surface area contributed by atoms with Crippen LogP contribution >= 0.6 is 11.6 Å². The number of aryl methyl sites for hydroxylation is 2. The average Bonchev–Trinajstić information content (AvgIpc) is 2.60. The summed E-state index contributed by atoms with van der Waals surface area (Å²) in [6, 6.07) is 14.7. The van der Waals surface area contributed by atoms with E-state index in [0.29, 0.717) is 22.4 Å². The summed E-state index contributed by atoms with van der Waals surface area (Å²) in [4.78, 5) is 21.2. The van der Waals surface area contributed by atoms with Crippen LogP contribution < -0.4 is 10.6 Å². The van der Waals surface area contributed by atoms with Crippen molar-refractivity contribution >= 4 is 34.7 Å². The molecule has 2 N–H and O–H groups in total. The monoisotopic (exact) mass is 366 g/mol. The van der Waals surface area contributed by atoms with Gasteiger partial charge in [-0.2, -0.15) is 0 Å². The van der Waals surface area contributed by atoms with Crippen LogP contribution in [0.25, 0.3) is 0 Å². The number of carbonyl (C=O) groups excluding carboxylic acids is 1. The van der Waals surface area contributed by atoms with Gasteiger partial charge in [0.1, 0.15) is 17.3 Å². The van der Waals surface area contributed by atoms with E-state index >= 15 is 0 Å². The summed E-state index contributed by atoms with van der Waals surface area (Å²) in [6.45, 7) is 5.72. The summed E-state index contributed by atoms with van der Waals surface area (Å²) >= 11 is 6.17. The lowest BCUT2D eigenvalue weighted by molar-refractivity contribution is 0.102. The first-order valence-electron chi connectivity index (χ1n) is 8.19. The lowest BCUT2D eigenvalue weighted by atomic mass is 10.1. The number of rotatable bonds is 4. The van der Waals surface area contributed by atoms with E-state index in [-0.39, 0.29) is 11.6 Å². The van der Waals surface area contributed by atoms with Crippen molar-refractivity contribution in [2.75, 3.05) is 10.6 Å². The van der Waals surface area contributed by atoms with Crippen molar-refractivity contribution < 1.29 is 4.79 Å². The number of anilines is 3. The Hall–Kier alpha value is -2.92. The molecule has 2 aromatic carbocycles. The maximum atomic E-state index is 12.6. The average molecular weight is 367 g/mol. The Labute approximate surface area is 157 Å². The van der Waals surface area contributed by atoms with E-state index in [9.17, 15) is 4.79 Å². The van der Waals surface area contributed by atoms with E-state index in [1.165, 1.54) is 0 Å². The number of amides is 1. The smallest absolute Gasteiger partial charge is 0.274 e. The lowest BCUT2D eigenvalue weighted by Gasteiger charge is -2.12. The van der Waals surface area contributed by atoms with Crippen LogP contribution in [-0.2, 0) is 0 Å². The Balaban J connectivity index is 1.86. The highest BCUT2D eigenvalue weighted by molar-refractivity contribution is 6.33. The molecule has 0 aliphatic carbocycles. The predicted octanol–water partition coefficient (Wildman–Crippen LogP) is 5.05. The molecule has 0 atom stereocenters. The SMILES string of the molecule is Cc1nc(Nc2ccccc2Cl)cc(C(=O)Nc2cccc(C)c2C)n1. The lowest BCUT2D eigenvalue weighted by Crippen LogP contribution is -2.16. The Morgan fingerprint density at radius 1 is 0.962 bits per heavy atom. The van der Waals surface area contributed by atoms with Gasteiger partial charge in [0.2, 0.25) is 0 Å². The zero-order valence-electron chi connectivity index (χ0n) is 14.8. The number of benzene rings is 2. The molecule has 0 spiro atoms. The second-order valence-corrected chi connectivity index (χ2v) is 6.40. The van der Waals surface area contributed by atoms with Gasteiger partial charge in [-0.05, 0) is 50.1 Å². The summed E-state index contributed by atoms with van der Waals surface area (Å²) in [6.07, 6.45) is 0. The molecule has 0 aliphatic heterocycles. The second kappa shape index (κ2) is 7.54. The van der Waals surface area contributed by atoms with Crippen molar-refractivity contribution in [3.63, 3.8) is 0 Å². The van der Waals surface area contributed by atoms with Crippen LogP contribution in [0.3, 0.4) is 0 Å². The molecule has 26 heavy (non-hydrogen) atoms. The molecule has 3 aromatic rings. The highest BCUT2D eigenvalue weighted by Gasteiger charge is 2.13. The molecule has 6 heteroatoms. The largest absolute Gasteiger partial charge is 0.339 e. The third-order valence-corrected chi connectivity index (χ3v) is 4.39. The Morgan fingerprint density at radius 2 is 1.69 bits per heavy atom. The van der Waals surface area contributed by atoms with E-state index in [1.807, 2.05) is 50.2 Å². The van der Waals surface area contributed by atoms with Crippen LogP contribution in [0.1, 0.15) is 27.4 Å². The Bertz CT molecular complexity index is 972. The van der Waals surface area contributed by atoms with Crippen molar-refractivity contribution in [2.45, 2.75) is 20.8 Å². The number of halogens is 1. The summed E-state index contributed by atoms with van der Waals surface area (Å²) in [5, 5.41) is 6.62. The number of hydrogen-bond donors (Lipinski definition) is 2. The Morgan fingerprint density at radius 3 is 2.46 bits per heavy atom. The molecule has 1 heterocycles. The molecule has 0 saturated heterocycles. The zero-order valence-corrected chi connectivity index (χ0v) is 15.6. The number of hydrogen-bond acceptors (Lipinski definition) is 4. The molecule has 132 valence electrons. The number of aromatic nitrogens is 2. The maximum absolute atomic E-state index is 12.6. The van der Waals surface area contributed by atoms with Crippen LogP contribution in [0.5, 0.6) is 0 Å². The third kappa shape index (κ3) is 4.00. The molecule has 0 bridgehead atoms. The van der Waals surface area contributed by atoms with Crippen LogP contribution in [0.4, 0.5) is 17.2 Å². The molecule has 0 saturated carbocycles. The predicted molar refractivity (Wildman–Crippen MR) is 105 cm³/mol. The van der Waals surface area contributed by atoms with Crippen LogP contribution in [-0.4, -0.2) is 15.9 Å². The van der Waals surface area contributed by atoms with Gasteiger partial charge >= 0.3 is 0 Å². The van der Waals surface area contributed by atoms with Crippen LogP contribution in [0.15, 0.2) is 48.5 Å². The minimum atomic E-state index is -0.286. The van der Waals surface area contributed by atoms with E-state index < -0.39 is 0 Å². The number of nitrogens with zero attached hydrogens (tertiary/aromatic N) is 2. The third-order valence-electron chi connectivity index (χ3n) is 4.06. The van der Waals surface area contributed by atoms with Gasteiger partial charge in [0.15, 0.2) is 0 Å². The molecule has 0 unspecified atom stereocenters. The standard InChI is InChI=1S/C20H19ClN4O/c1-12-7-6-10-16(13(12)2)25-20(26)18-11-19(23-14(3)22-18)24-17-9-5-4-8-15(17)21/h4-11H,1-3H3,(H,25,26)(H,22,23,24). The van der Waals surface area contributed by atoms with Gasteiger partial charge in [-0.15, -0.1) is 0 Å². The second-order valence-electron chi connectivity index (χ2n) is 5.99. The quantitative estimate of drug-likeness (QED) is 0.678. The molecule has 3 rings (SSSR count). The molecule has 0 aliphatic rings. The first-order valence-corrected chi connectivity index (χ1v) is 8.56. The van der Waals surface area contributed by atoms with Crippen LogP contribution in [0, 0.1) is 20.8 Å². The van der Waals surface area contributed by atoms with E-state index in [1.54, 1.807) is 19.1 Å². The number of para-hydroxylation sites is 1. The van der Waals surface area contributed by atoms with Crippen LogP contribution in [0.2, 0.25) is 5.02 Å². The summed E-state index contributed by atoms with van der Waals surface area (Å²) in [5.41, 5.74) is 3.91. The highest BCUT2D eigenvalue weighted by atomic mass is 35.5. The molecule has 5 nitrogen and oxygen atoms in total.